The number of para-hydroxylation sites is 1. The summed E-state index contributed by atoms with van der Waals surface area (Å²) >= 11 is 0. The lowest BCUT2D eigenvalue weighted by atomic mass is 9.96. The molecule has 3 aromatic carbocycles. The quantitative estimate of drug-likeness (QED) is 0.445. The van der Waals surface area contributed by atoms with Crippen molar-refractivity contribution in [1.82, 2.24) is 4.98 Å². The Labute approximate surface area is 164 Å². The second-order valence-corrected chi connectivity index (χ2v) is 8.63. The highest BCUT2D eigenvalue weighted by atomic mass is 31.2. The van der Waals surface area contributed by atoms with Gasteiger partial charge >= 0.3 is 7.60 Å². The third-order valence-electron chi connectivity index (χ3n) is 4.97. The lowest BCUT2D eigenvalue weighted by Gasteiger charge is -2.17. The Bertz CT molecular complexity index is 1200. The lowest BCUT2D eigenvalue weighted by molar-refractivity contribution is 0.192. The molecule has 0 spiro atoms. The van der Waals surface area contributed by atoms with Gasteiger partial charge in [0.15, 0.2) is 5.44 Å². The molecule has 1 heterocycles. The van der Waals surface area contributed by atoms with Crippen LogP contribution in [0, 0.1) is 0 Å². The van der Waals surface area contributed by atoms with E-state index in [1.165, 1.54) is 0 Å². The first-order valence-electron chi connectivity index (χ1n) is 9.39. The van der Waals surface area contributed by atoms with E-state index in [4.69, 9.17) is 4.52 Å². The molecule has 0 radical (unpaired) electrons. The molecule has 0 aliphatic rings. The maximum atomic E-state index is 12.8. The van der Waals surface area contributed by atoms with Crippen molar-refractivity contribution in [3.8, 4) is 11.1 Å². The van der Waals surface area contributed by atoms with E-state index in [9.17, 15) is 9.46 Å². The van der Waals surface area contributed by atoms with Crippen LogP contribution in [0.2, 0.25) is 0 Å². The smallest absolute Gasteiger partial charge is 0.320 e. The van der Waals surface area contributed by atoms with Gasteiger partial charge in [0.25, 0.3) is 0 Å². The summed E-state index contributed by atoms with van der Waals surface area (Å²) in [6.45, 7) is 3.70. The zero-order valence-electron chi connectivity index (χ0n) is 15.9. The summed E-state index contributed by atoms with van der Waals surface area (Å²) in [5.74, 6) is 0. The number of rotatable bonds is 5. The SMILES string of the molecule is CCC(C)OP(=O)(O)c1ccc2cccc(-c3cccc4ccccc34)c2n1. The van der Waals surface area contributed by atoms with Gasteiger partial charge in [0, 0.05) is 10.9 Å². The second kappa shape index (κ2) is 7.48. The Hall–Kier alpha value is -2.52. The normalized spacial score (nSPS) is 14.8. The van der Waals surface area contributed by atoms with Gasteiger partial charge in [-0.1, -0.05) is 73.7 Å². The third-order valence-corrected chi connectivity index (χ3v) is 6.45. The van der Waals surface area contributed by atoms with Gasteiger partial charge in [-0.3, -0.25) is 4.57 Å². The van der Waals surface area contributed by atoms with Crippen molar-refractivity contribution in [2.75, 3.05) is 0 Å². The molecule has 2 atom stereocenters. The number of pyridine rings is 1. The predicted octanol–water partition coefficient (Wildman–Crippen LogP) is 5.68. The molecule has 28 heavy (non-hydrogen) atoms. The first-order valence-corrected chi connectivity index (χ1v) is 11.0. The van der Waals surface area contributed by atoms with Crippen LogP contribution in [0.3, 0.4) is 0 Å². The molecule has 0 fully saturated rings. The van der Waals surface area contributed by atoms with Gasteiger partial charge in [-0.25, -0.2) is 4.98 Å². The van der Waals surface area contributed by atoms with Crippen molar-refractivity contribution < 1.29 is 14.0 Å². The minimum Gasteiger partial charge on any atom is -0.320 e. The third kappa shape index (κ3) is 3.47. The van der Waals surface area contributed by atoms with Crippen LogP contribution < -0.4 is 5.44 Å². The van der Waals surface area contributed by atoms with E-state index in [1.54, 1.807) is 13.0 Å². The molecule has 4 rings (SSSR count). The van der Waals surface area contributed by atoms with Gasteiger partial charge in [-0.15, -0.1) is 0 Å². The summed E-state index contributed by atoms with van der Waals surface area (Å²) in [6.07, 6.45) is 0.334. The van der Waals surface area contributed by atoms with E-state index in [0.717, 1.165) is 27.3 Å². The molecule has 1 N–H and O–H groups in total. The van der Waals surface area contributed by atoms with Crippen molar-refractivity contribution in [2.24, 2.45) is 0 Å². The Morgan fingerprint density at radius 2 is 1.61 bits per heavy atom. The summed E-state index contributed by atoms with van der Waals surface area (Å²) in [6, 6.07) is 23.7. The van der Waals surface area contributed by atoms with E-state index in [0.29, 0.717) is 11.9 Å². The number of aromatic nitrogens is 1. The van der Waals surface area contributed by atoms with Gasteiger partial charge < -0.3 is 9.42 Å². The van der Waals surface area contributed by atoms with Gasteiger partial charge in [-0.2, -0.15) is 0 Å². The molecule has 1 aromatic heterocycles. The van der Waals surface area contributed by atoms with Crippen LogP contribution in [0.15, 0.2) is 72.8 Å². The number of nitrogens with zero attached hydrogens (tertiary/aromatic N) is 1. The second-order valence-electron chi connectivity index (χ2n) is 6.92. The minimum absolute atomic E-state index is 0.0768. The highest BCUT2D eigenvalue weighted by Gasteiger charge is 2.27. The van der Waals surface area contributed by atoms with Crippen molar-refractivity contribution in [2.45, 2.75) is 26.4 Å². The lowest BCUT2D eigenvalue weighted by Crippen LogP contribution is -2.15. The van der Waals surface area contributed by atoms with Crippen LogP contribution in [0.25, 0.3) is 32.8 Å². The van der Waals surface area contributed by atoms with Crippen LogP contribution in [-0.4, -0.2) is 16.0 Å². The zero-order chi connectivity index (χ0) is 19.7. The molecule has 0 saturated carbocycles. The van der Waals surface area contributed by atoms with Crippen LogP contribution in [0.4, 0.5) is 0 Å². The molecule has 0 aliphatic carbocycles. The Kier molecular flexibility index (Phi) is 5.03. The van der Waals surface area contributed by atoms with E-state index in [1.807, 2.05) is 49.4 Å². The monoisotopic (exact) mass is 391 g/mol. The largest absolute Gasteiger partial charge is 0.377 e. The summed E-state index contributed by atoms with van der Waals surface area (Å²) in [4.78, 5) is 15.0. The van der Waals surface area contributed by atoms with E-state index < -0.39 is 7.60 Å². The maximum absolute atomic E-state index is 12.8. The van der Waals surface area contributed by atoms with E-state index in [2.05, 4.69) is 29.2 Å². The van der Waals surface area contributed by atoms with Crippen LogP contribution in [-0.2, 0) is 9.09 Å². The molecular weight excluding hydrogens is 369 g/mol. The first kappa shape index (κ1) is 18.8. The Balaban J connectivity index is 1.92. The number of benzene rings is 3. The topological polar surface area (TPSA) is 59.4 Å². The molecule has 5 heteroatoms. The molecular formula is C23H22NO3P. The minimum atomic E-state index is -3.99. The fourth-order valence-corrected chi connectivity index (χ4v) is 4.58. The molecule has 4 nitrogen and oxygen atoms in total. The maximum Gasteiger partial charge on any atom is 0.377 e. The van der Waals surface area contributed by atoms with Crippen LogP contribution >= 0.6 is 7.60 Å². The van der Waals surface area contributed by atoms with E-state index in [-0.39, 0.29) is 11.5 Å². The van der Waals surface area contributed by atoms with Crippen LogP contribution in [0.1, 0.15) is 20.3 Å². The highest BCUT2D eigenvalue weighted by Crippen LogP contribution is 2.43. The average molecular weight is 391 g/mol. The number of hydrogen-bond donors (Lipinski definition) is 1. The fourth-order valence-electron chi connectivity index (χ4n) is 3.34. The molecule has 0 aliphatic heterocycles. The van der Waals surface area contributed by atoms with Crippen molar-refractivity contribution in [1.29, 1.82) is 0 Å². The summed E-state index contributed by atoms with van der Waals surface area (Å²) in [5, 5.41) is 3.17. The van der Waals surface area contributed by atoms with Gasteiger partial charge in [0.2, 0.25) is 0 Å². The van der Waals surface area contributed by atoms with Crippen molar-refractivity contribution in [3.63, 3.8) is 0 Å². The van der Waals surface area contributed by atoms with Gasteiger partial charge in [-0.05, 0) is 35.7 Å². The Morgan fingerprint density at radius 1 is 0.929 bits per heavy atom. The summed E-state index contributed by atoms with van der Waals surface area (Å²) in [7, 11) is -3.99. The van der Waals surface area contributed by atoms with Gasteiger partial charge in [0.05, 0.1) is 11.6 Å². The van der Waals surface area contributed by atoms with Crippen LogP contribution in [0.5, 0.6) is 0 Å². The molecule has 0 bridgehead atoms. The van der Waals surface area contributed by atoms with Crippen molar-refractivity contribution in [3.05, 3.63) is 72.8 Å². The standard InChI is InChI=1S/C23H22NO3P/c1-3-16(2)27-28(25,26)22-15-14-18-10-7-13-21(23(18)24-22)20-12-6-9-17-8-4-5-11-19(17)20/h4-16H,3H2,1-2H3,(H,25,26). The zero-order valence-corrected chi connectivity index (χ0v) is 16.8. The molecule has 0 amide bonds. The van der Waals surface area contributed by atoms with E-state index >= 15 is 0 Å². The summed E-state index contributed by atoms with van der Waals surface area (Å²) < 4.78 is 18.1. The van der Waals surface area contributed by atoms with Crippen molar-refractivity contribution >= 4 is 34.7 Å². The molecule has 0 saturated heterocycles. The highest BCUT2D eigenvalue weighted by molar-refractivity contribution is 7.61. The number of fused-ring (bicyclic) bond motifs is 2. The first-order chi connectivity index (χ1) is 13.5. The number of hydrogen-bond acceptors (Lipinski definition) is 3. The fraction of sp³-hybridized carbons (Fsp3) is 0.174. The molecule has 2 unspecified atom stereocenters. The molecule has 4 aromatic rings. The average Bonchev–Trinajstić information content (AvgIpc) is 2.72. The molecule has 142 valence electrons. The van der Waals surface area contributed by atoms with Gasteiger partial charge in [0.1, 0.15) is 0 Å². The Morgan fingerprint density at radius 3 is 2.39 bits per heavy atom. The summed E-state index contributed by atoms with van der Waals surface area (Å²) in [5.41, 5.74) is 2.75. The predicted molar refractivity (Wildman–Crippen MR) is 115 cm³/mol.